The van der Waals surface area contributed by atoms with Crippen molar-refractivity contribution >= 4 is 23.6 Å². The number of nitrogens with two attached hydrogens (primary N) is 1. The number of hydrogen-bond donors (Lipinski definition) is 2. The van der Waals surface area contributed by atoms with Gasteiger partial charge in [0.25, 0.3) is 23.6 Å². The number of hydrogen-bond acceptors (Lipinski definition) is 6. The lowest BCUT2D eigenvalue weighted by Gasteiger charge is -2.14. The number of carbonyl (C=O) groups excluding carboxylic acids is 4. The summed E-state index contributed by atoms with van der Waals surface area (Å²) in [6.07, 6.45) is 10.6. The first-order valence-electron chi connectivity index (χ1n) is 8.78. The van der Waals surface area contributed by atoms with Crippen molar-refractivity contribution in [1.29, 1.82) is 0 Å². The first-order valence-corrected chi connectivity index (χ1v) is 8.78. The van der Waals surface area contributed by atoms with E-state index in [0.29, 0.717) is 13.1 Å². The molecule has 0 bridgehead atoms. The molecule has 0 radical (unpaired) electrons. The van der Waals surface area contributed by atoms with E-state index in [4.69, 9.17) is 5.73 Å². The van der Waals surface area contributed by atoms with Crippen LogP contribution in [0.25, 0.3) is 0 Å². The van der Waals surface area contributed by atoms with Gasteiger partial charge in [0.15, 0.2) is 0 Å². The molecule has 26 heavy (non-hydrogen) atoms. The zero-order valence-electron chi connectivity index (χ0n) is 15.5. The van der Waals surface area contributed by atoms with Crippen LogP contribution in [0.15, 0.2) is 24.3 Å². The molecule has 0 aromatic heterocycles. The maximum absolute atomic E-state index is 11.3. The Hall–Kier alpha value is -2.32. The summed E-state index contributed by atoms with van der Waals surface area (Å²) in [4.78, 5) is 47.7. The van der Waals surface area contributed by atoms with Gasteiger partial charge < -0.3 is 11.9 Å². The number of imide groups is 2. The molecule has 5 N–H and O–H groups in total. The molecular formula is C18H30N4O4. The Morgan fingerprint density at radius 2 is 0.962 bits per heavy atom. The maximum atomic E-state index is 11.3. The number of nitrogens with zero attached hydrogens (tertiary/aromatic N) is 2. The Bertz CT molecular complexity index is 473. The van der Waals surface area contributed by atoms with Crippen molar-refractivity contribution in [2.45, 2.75) is 45.4 Å². The van der Waals surface area contributed by atoms with Crippen LogP contribution in [-0.2, 0) is 19.2 Å². The fourth-order valence-electron chi connectivity index (χ4n) is 2.37. The number of rotatable bonds is 9. The quantitative estimate of drug-likeness (QED) is 0.466. The Labute approximate surface area is 154 Å². The Kier molecular flexibility index (Phi) is 11.8. The molecule has 0 atom stereocenters. The van der Waals surface area contributed by atoms with Crippen molar-refractivity contribution in [3.8, 4) is 0 Å². The van der Waals surface area contributed by atoms with Crippen molar-refractivity contribution in [3.63, 3.8) is 0 Å². The van der Waals surface area contributed by atoms with E-state index in [0.717, 1.165) is 45.1 Å². The van der Waals surface area contributed by atoms with Crippen LogP contribution >= 0.6 is 0 Å². The van der Waals surface area contributed by atoms with Gasteiger partial charge in [-0.2, -0.15) is 0 Å². The topological polar surface area (TPSA) is 136 Å². The average molecular weight is 366 g/mol. The van der Waals surface area contributed by atoms with Crippen LogP contribution in [-0.4, -0.2) is 53.1 Å². The monoisotopic (exact) mass is 366 g/mol. The molecule has 2 aliphatic heterocycles. The van der Waals surface area contributed by atoms with Gasteiger partial charge in [-0.25, -0.2) is 0 Å². The van der Waals surface area contributed by atoms with E-state index < -0.39 is 0 Å². The highest BCUT2D eigenvalue weighted by Gasteiger charge is 2.23. The molecule has 0 aromatic carbocycles. The number of carbonyl (C=O) groups is 4. The molecule has 8 heteroatoms. The van der Waals surface area contributed by atoms with Crippen LogP contribution in [0, 0.1) is 0 Å². The largest absolute Gasteiger partial charge is 0.344 e. The third-order valence-electron chi connectivity index (χ3n) is 3.85. The predicted octanol–water partition coefficient (Wildman–Crippen LogP) is 1.30. The molecule has 4 amide bonds. The first-order chi connectivity index (χ1) is 12.0. The summed E-state index contributed by atoms with van der Waals surface area (Å²) in [5, 5.41) is 0. The minimum atomic E-state index is -0.237. The lowest BCUT2D eigenvalue weighted by molar-refractivity contribution is -0.138. The second-order valence-corrected chi connectivity index (χ2v) is 5.88. The van der Waals surface area contributed by atoms with Gasteiger partial charge in [-0.05, 0) is 25.8 Å². The van der Waals surface area contributed by atoms with E-state index in [2.05, 4.69) is 6.92 Å². The molecule has 0 fully saturated rings. The van der Waals surface area contributed by atoms with Gasteiger partial charge in [0.05, 0.1) is 0 Å². The van der Waals surface area contributed by atoms with Crippen LogP contribution in [0.4, 0.5) is 0 Å². The third kappa shape index (κ3) is 7.71. The summed E-state index contributed by atoms with van der Waals surface area (Å²) in [6, 6.07) is 0. The van der Waals surface area contributed by atoms with E-state index in [1.165, 1.54) is 34.1 Å². The standard InChI is InChI=1S/C15H18N2O4.C3H9N.H3N/c18-12-6-7-13(19)16(12)10-4-2-1-3-5-11-17-14(20)8-9-15(17)21;1-2-3-4;/h6-9H,1-5,10-11H2;2-4H2,1H3;1H3. The van der Waals surface area contributed by atoms with Gasteiger partial charge in [0.2, 0.25) is 0 Å². The highest BCUT2D eigenvalue weighted by atomic mass is 16.2. The molecular weight excluding hydrogens is 336 g/mol. The van der Waals surface area contributed by atoms with E-state index >= 15 is 0 Å². The summed E-state index contributed by atoms with van der Waals surface area (Å²) in [6.45, 7) is 3.79. The molecule has 0 saturated carbocycles. The summed E-state index contributed by atoms with van der Waals surface area (Å²) in [5.41, 5.74) is 5.03. The van der Waals surface area contributed by atoms with Crippen molar-refractivity contribution in [2.75, 3.05) is 19.6 Å². The molecule has 2 aliphatic rings. The first kappa shape index (κ1) is 23.7. The number of amides is 4. The second kappa shape index (κ2) is 13.0. The predicted molar refractivity (Wildman–Crippen MR) is 99.2 cm³/mol. The minimum Gasteiger partial charge on any atom is -0.344 e. The summed E-state index contributed by atoms with van der Waals surface area (Å²) in [5.74, 6) is -0.950. The molecule has 8 nitrogen and oxygen atoms in total. The van der Waals surface area contributed by atoms with E-state index in [1.54, 1.807) is 0 Å². The van der Waals surface area contributed by atoms with Crippen molar-refractivity contribution in [3.05, 3.63) is 24.3 Å². The molecule has 0 saturated heterocycles. The smallest absolute Gasteiger partial charge is 0.253 e. The van der Waals surface area contributed by atoms with Crippen LogP contribution in [0.2, 0.25) is 0 Å². The molecule has 146 valence electrons. The van der Waals surface area contributed by atoms with Crippen LogP contribution in [0.5, 0.6) is 0 Å². The maximum Gasteiger partial charge on any atom is 0.253 e. The normalized spacial score (nSPS) is 15.5. The molecule has 0 aliphatic carbocycles. The molecule has 0 spiro atoms. The summed E-state index contributed by atoms with van der Waals surface area (Å²) >= 11 is 0. The van der Waals surface area contributed by atoms with Gasteiger partial charge in [0.1, 0.15) is 0 Å². The zero-order valence-corrected chi connectivity index (χ0v) is 15.5. The van der Waals surface area contributed by atoms with Crippen LogP contribution in [0.3, 0.4) is 0 Å². The highest BCUT2D eigenvalue weighted by molar-refractivity contribution is 6.13. The SMILES string of the molecule is CCCN.N.O=C1C=CC(=O)N1CCCCCCCN1C(=O)C=CC1=O. The highest BCUT2D eigenvalue weighted by Crippen LogP contribution is 2.10. The van der Waals surface area contributed by atoms with Crippen molar-refractivity contribution in [2.24, 2.45) is 5.73 Å². The lowest BCUT2D eigenvalue weighted by atomic mass is 10.1. The lowest BCUT2D eigenvalue weighted by Crippen LogP contribution is -2.31. The van der Waals surface area contributed by atoms with Crippen molar-refractivity contribution < 1.29 is 19.2 Å². The molecule has 0 aromatic rings. The van der Waals surface area contributed by atoms with E-state index in [-0.39, 0.29) is 29.8 Å². The Morgan fingerprint density at radius 1 is 0.692 bits per heavy atom. The van der Waals surface area contributed by atoms with Crippen molar-refractivity contribution in [1.82, 2.24) is 16.0 Å². The fraction of sp³-hybridized carbons (Fsp3) is 0.556. The van der Waals surface area contributed by atoms with Gasteiger partial charge >= 0.3 is 0 Å². The fourth-order valence-corrected chi connectivity index (χ4v) is 2.37. The summed E-state index contributed by atoms with van der Waals surface area (Å²) in [7, 11) is 0. The average Bonchev–Trinajstić information content (AvgIpc) is 3.10. The van der Waals surface area contributed by atoms with Gasteiger partial charge in [0, 0.05) is 37.4 Å². The van der Waals surface area contributed by atoms with Crippen LogP contribution < -0.4 is 11.9 Å². The molecule has 2 heterocycles. The number of unbranched alkanes of at least 4 members (excludes halogenated alkanes) is 4. The third-order valence-corrected chi connectivity index (χ3v) is 3.85. The summed E-state index contributed by atoms with van der Waals surface area (Å²) < 4.78 is 0. The van der Waals surface area contributed by atoms with Gasteiger partial charge in [-0.15, -0.1) is 0 Å². The molecule has 2 rings (SSSR count). The zero-order chi connectivity index (χ0) is 18.7. The van der Waals surface area contributed by atoms with E-state index in [1.807, 2.05) is 0 Å². The second-order valence-electron chi connectivity index (χ2n) is 5.88. The minimum absolute atomic E-state index is 0. The van der Waals surface area contributed by atoms with E-state index in [9.17, 15) is 19.2 Å². The van der Waals surface area contributed by atoms with Gasteiger partial charge in [-0.1, -0.05) is 26.2 Å². The Morgan fingerprint density at radius 3 is 1.23 bits per heavy atom. The Balaban J connectivity index is 0.00000113. The van der Waals surface area contributed by atoms with Crippen LogP contribution in [0.1, 0.15) is 45.4 Å². The molecule has 0 unspecified atom stereocenters. The van der Waals surface area contributed by atoms with Gasteiger partial charge in [-0.3, -0.25) is 29.0 Å².